The van der Waals surface area contributed by atoms with E-state index in [1.54, 1.807) is 30.6 Å². The number of aromatic nitrogens is 2. The summed E-state index contributed by atoms with van der Waals surface area (Å²) in [4.78, 5) is 35.5. The third-order valence-corrected chi connectivity index (χ3v) is 5.26. The Bertz CT molecular complexity index is 1040. The number of nitrogens with zero attached hydrogens (tertiary/aromatic N) is 3. The Morgan fingerprint density at radius 3 is 2.52 bits per heavy atom. The highest BCUT2D eigenvalue weighted by molar-refractivity contribution is 5.94. The van der Waals surface area contributed by atoms with Crippen LogP contribution in [0.2, 0.25) is 0 Å². The molecule has 6 heteroatoms. The zero-order valence-electron chi connectivity index (χ0n) is 16.0. The van der Waals surface area contributed by atoms with E-state index in [0.29, 0.717) is 17.7 Å². The van der Waals surface area contributed by atoms with Crippen LogP contribution in [0.3, 0.4) is 0 Å². The number of primary amides is 1. The molecule has 0 unspecified atom stereocenters. The SMILES string of the molecule is NC(=O)c1cccc(-c2nccnc2[C@@H]2CCCN(C(=O)c3ccccc3)C2)c1. The van der Waals surface area contributed by atoms with Crippen molar-refractivity contribution in [1.82, 2.24) is 14.9 Å². The van der Waals surface area contributed by atoms with Crippen LogP contribution in [-0.4, -0.2) is 39.8 Å². The topological polar surface area (TPSA) is 89.2 Å². The number of carbonyl (C=O) groups is 2. The van der Waals surface area contributed by atoms with Crippen molar-refractivity contribution in [2.75, 3.05) is 13.1 Å². The fourth-order valence-electron chi connectivity index (χ4n) is 3.84. The van der Waals surface area contributed by atoms with E-state index in [4.69, 9.17) is 5.73 Å². The number of nitrogens with two attached hydrogens (primary N) is 1. The molecule has 2 N–H and O–H groups in total. The van der Waals surface area contributed by atoms with Gasteiger partial charge in [-0.05, 0) is 37.1 Å². The lowest BCUT2D eigenvalue weighted by Crippen LogP contribution is -2.39. The highest BCUT2D eigenvalue weighted by Gasteiger charge is 2.28. The van der Waals surface area contributed by atoms with Crippen LogP contribution in [0.5, 0.6) is 0 Å². The van der Waals surface area contributed by atoms with E-state index in [9.17, 15) is 9.59 Å². The fourth-order valence-corrected chi connectivity index (χ4v) is 3.84. The summed E-state index contributed by atoms with van der Waals surface area (Å²) in [5, 5.41) is 0. The number of hydrogen-bond acceptors (Lipinski definition) is 4. The zero-order chi connectivity index (χ0) is 20.2. The van der Waals surface area contributed by atoms with Crippen LogP contribution in [0.1, 0.15) is 45.2 Å². The number of rotatable bonds is 4. The highest BCUT2D eigenvalue weighted by atomic mass is 16.2. The van der Waals surface area contributed by atoms with E-state index in [1.165, 1.54) is 0 Å². The van der Waals surface area contributed by atoms with Crippen LogP contribution in [0.15, 0.2) is 67.0 Å². The van der Waals surface area contributed by atoms with Gasteiger partial charge >= 0.3 is 0 Å². The first kappa shape index (κ1) is 18.8. The molecule has 1 aliphatic heterocycles. The molecule has 0 spiro atoms. The van der Waals surface area contributed by atoms with Crippen molar-refractivity contribution in [3.8, 4) is 11.3 Å². The average Bonchev–Trinajstić information content (AvgIpc) is 2.79. The van der Waals surface area contributed by atoms with E-state index < -0.39 is 5.91 Å². The van der Waals surface area contributed by atoms with Gasteiger partial charge < -0.3 is 10.6 Å². The zero-order valence-corrected chi connectivity index (χ0v) is 16.0. The second-order valence-electron chi connectivity index (χ2n) is 7.19. The molecular formula is C23H22N4O2. The standard InChI is InChI=1S/C23H22N4O2/c24-22(28)18-9-4-8-17(14-18)20-21(26-12-11-25-20)19-10-5-13-27(15-19)23(29)16-6-2-1-3-7-16/h1-4,6-9,11-12,14,19H,5,10,13,15H2,(H2,24,28)/t19-/m1/s1. The molecule has 0 radical (unpaired) electrons. The second-order valence-corrected chi connectivity index (χ2v) is 7.19. The van der Waals surface area contributed by atoms with Gasteiger partial charge in [0, 0.05) is 48.1 Å². The molecule has 2 heterocycles. The van der Waals surface area contributed by atoms with Gasteiger partial charge in [0.05, 0.1) is 11.4 Å². The van der Waals surface area contributed by atoms with E-state index >= 15 is 0 Å². The second kappa shape index (κ2) is 8.22. The predicted molar refractivity (Wildman–Crippen MR) is 110 cm³/mol. The summed E-state index contributed by atoms with van der Waals surface area (Å²) in [6, 6.07) is 16.5. The molecule has 2 aromatic carbocycles. The van der Waals surface area contributed by atoms with Gasteiger partial charge in [0.1, 0.15) is 0 Å². The molecule has 1 saturated heterocycles. The summed E-state index contributed by atoms with van der Waals surface area (Å²) in [7, 11) is 0. The Hall–Kier alpha value is -3.54. The lowest BCUT2D eigenvalue weighted by Gasteiger charge is -2.33. The summed E-state index contributed by atoms with van der Waals surface area (Å²) in [6.45, 7) is 1.33. The minimum absolute atomic E-state index is 0.0384. The van der Waals surface area contributed by atoms with Crippen molar-refractivity contribution >= 4 is 11.8 Å². The molecule has 4 rings (SSSR count). The Morgan fingerprint density at radius 1 is 0.966 bits per heavy atom. The van der Waals surface area contributed by atoms with Gasteiger partial charge in [-0.3, -0.25) is 19.6 Å². The number of hydrogen-bond donors (Lipinski definition) is 1. The maximum absolute atomic E-state index is 12.9. The lowest BCUT2D eigenvalue weighted by molar-refractivity contribution is 0.0705. The maximum Gasteiger partial charge on any atom is 0.253 e. The molecule has 6 nitrogen and oxygen atoms in total. The number of piperidine rings is 1. The van der Waals surface area contributed by atoms with Crippen molar-refractivity contribution in [2.45, 2.75) is 18.8 Å². The summed E-state index contributed by atoms with van der Waals surface area (Å²) in [5.74, 6) is -0.358. The van der Waals surface area contributed by atoms with E-state index in [-0.39, 0.29) is 11.8 Å². The molecule has 0 bridgehead atoms. The van der Waals surface area contributed by atoms with Crippen LogP contribution >= 0.6 is 0 Å². The molecule has 1 aromatic heterocycles. The molecule has 1 aliphatic rings. The van der Waals surface area contributed by atoms with E-state index in [2.05, 4.69) is 9.97 Å². The molecule has 0 aliphatic carbocycles. The first-order chi connectivity index (χ1) is 14.1. The van der Waals surface area contributed by atoms with Crippen LogP contribution in [0, 0.1) is 0 Å². The monoisotopic (exact) mass is 386 g/mol. The van der Waals surface area contributed by atoms with Crippen molar-refractivity contribution in [3.05, 3.63) is 83.8 Å². The van der Waals surface area contributed by atoms with Crippen LogP contribution < -0.4 is 5.73 Å². The Morgan fingerprint density at radius 2 is 1.72 bits per heavy atom. The van der Waals surface area contributed by atoms with Crippen LogP contribution in [0.4, 0.5) is 0 Å². The van der Waals surface area contributed by atoms with Gasteiger partial charge in [0.2, 0.25) is 5.91 Å². The van der Waals surface area contributed by atoms with Crippen molar-refractivity contribution in [1.29, 1.82) is 0 Å². The van der Waals surface area contributed by atoms with Gasteiger partial charge in [-0.15, -0.1) is 0 Å². The summed E-state index contributed by atoms with van der Waals surface area (Å²) in [6.07, 6.45) is 5.15. The van der Waals surface area contributed by atoms with Gasteiger partial charge in [0.25, 0.3) is 5.91 Å². The van der Waals surface area contributed by atoms with Crippen molar-refractivity contribution in [3.63, 3.8) is 0 Å². The van der Waals surface area contributed by atoms with Crippen molar-refractivity contribution in [2.24, 2.45) is 5.73 Å². The first-order valence-electron chi connectivity index (χ1n) is 9.69. The van der Waals surface area contributed by atoms with Gasteiger partial charge in [0.15, 0.2) is 0 Å². The third kappa shape index (κ3) is 4.01. The number of amides is 2. The Labute approximate surface area is 169 Å². The molecule has 29 heavy (non-hydrogen) atoms. The highest BCUT2D eigenvalue weighted by Crippen LogP contribution is 2.32. The smallest absolute Gasteiger partial charge is 0.253 e. The minimum atomic E-state index is -0.477. The van der Waals surface area contributed by atoms with Gasteiger partial charge in [-0.25, -0.2) is 0 Å². The molecular weight excluding hydrogens is 364 g/mol. The quantitative estimate of drug-likeness (QED) is 0.745. The largest absolute Gasteiger partial charge is 0.366 e. The lowest BCUT2D eigenvalue weighted by atomic mass is 9.91. The summed E-state index contributed by atoms with van der Waals surface area (Å²) >= 11 is 0. The third-order valence-electron chi connectivity index (χ3n) is 5.26. The van der Waals surface area contributed by atoms with Crippen LogP contribution in [-0.2, 0) is 0 Å². The number of benzene rings is 2. The summed E-state index contributed by atoms with van der Waals surface area (Å²) in [5.41, 5.74) is 8.94. The van der Waals surface area contributed by atoms with E-state index in [1.807, 2.05) is 41.3 Å². The molecule has 2 amide bonds. The maximum atomic E-state index is 12.9. The molecule has 0 saturated carbocycles. The summed E-state index contributed by atoms with van der Waals surface area (Å²) < 4.78 is 0. The minimum Gasteiger partial charge on any atom is -0.366 e. The molecule has 3 aromatic rings. The predicted octanol–water partition coefficient (Wildman–Crippen LogP) is 3.26. The number of carbonyl (C=O) groups excluding carboxylic acids is 2. The molecule has 146 valence electrons. The first-order valence-corrected chi connectivity index (χ1v) is 9.69. The molecule has 1 atom stereocenters. The van der Waals surface area contributed by atoms with Crippen LogP contribution in [0.25, 0.3) is 11.3 Å². The molecule has 1 fully saturated rings. The number of likely N-dealkylation sites (tertiary alicyclic amines) is 1. The van der Waals surface area contributed by atoms with E-state index in [0.717, 1.165) is 36.3 Å². The normalized spacial score (nSPS) is 16.4. The van der Waals surface area contributed by atoms with Gasteiger partial charge in [-0.1, -0.05) is 30.3 Å². The van der Waals surface area contributed by atoms with Crippen molar-refractivity contribution < 1.29 is 9.59 Å². The Kier molecular flexibility index (Phi) is 5.33. The van der Waals surface area contributed by atoms with Gasteiger partial charge in [-0.2, -0.15) is 0 Å². The average molecular weight is 386 g/mol. The fraction of sp³-hybridized carbons (Fsp3) is 0.217. The Balaban J connectivity index is 1.63.